The Labute approximate surface area is 253 Å². The number of para-hydroxylation sites is 1. The smallest absolute Gasteiger partial charge is 0.255 e. The topological polar surface area (TPSA) is 80.8 Å². The Morgan fingerprint density at radius 2 is 1.79 bits per heavy atom. The standard InChI is InChI=1S/C34H32N4O4S/c39-30-27-11-4-5-12-29(27)42-31(24-8-2-1-3-9-24)32(30)41-21-7-15-36-17-19-37(20-18-36)33(40)26-13-16-38-28(26)23-43-34(38)25-10-6-14-35-22-25/h1-6,8-14,16,22,34H,7,15,17-21,23H2. The first kappa shape index (κ1) is 27.5. The van der Waals surface area contributed by atoms with Crippen LogP contribution in [0, 0.1) is 0 Å². The number of pyridine rings is 1. The van der Waals surface area contributed by atoms with E-state index in [0.29, 0.717) is 36.4 Å². The number of thioether (sulfide) groups is 1. The zero-order valence-corrected chi connectivity index (χ0v) is 24.5. The molecule has 0 N–H and O–H groups in total. The van der Waals surface area contributed by atoms with Crippen LogP contribution in [0.2, 0.25) is 0 Å². The van der Waals surface area contributed by atoms with E-state index in [1.54, 1.807) is 18.3 Å². The van der Waals surface area contributed by atoms with Gasteiger partial charge in [-0.25, -0.2) is 0 Å². The maximum absolute atomic E-state index is 13.5. The van der Waals surface area contributed by atoms with Gasteiger partial charge >= 0.3 is 0 Å². The van der Waals surface area contributed by atoms with E-state index in [0.717, 1.165) is 54.2 Å². The summed E-state index contributed by atoms with van der Waals surface area (Å²) >= 11 is 1.83. The summed E-state index contributed by atoms with van der Waals surface area (Å²) in [6.07, 6.45) is 6.48. The largest absolute Gasteiger partial charge is 0.486 e. The number of ether oxygens (including phenoxy) is 1. The van der Waals surface area contributed by atoms with Gasteiger partial charge in [-0.2, -0.15) is 0 Å². The van der Waals surface area contributed by atoms with Crippen molar-refractivity contribution in [1.29, 1.82) is 0 Å². The summed E-state index contributed by atoms with van der Waals surface area (Å²) in [5.74, 6) is 1.64. The van der Waals surface area contributed by atoms with Crippen molar-refractivity contribution < 1.29 is 13.9 Å². The number of fused-ring (bicyclic) bond motifs is 2. The molecule has 0 aliphatic carbocycles. The monoisotopic (exact) mass is 592 g/mol. The fraction of sp³-hybridized carbons (Fsp3) is 0.265. The van der Waals surface area contributed by atoms with Crippen LogP contribution in [-0.4, -0.2) is 64.6 Å². The average Bonchev–Trinajstić information content (AvgIpc) is 3.67. The second-order valence-electron chi connectivity index (χ2n) is 10.8. The number of carbonyl (C=O) groups excluding carboxylic acids is 1. The molecule has 9 heteroatoms. The summed E-state index contributed by atoms with van der Waals surface area (Å²) in [4.78, 5) is 35.4. The molecule has 0 radical (unpaired) electrons. The molecule has 2 aromatic carbocycles. The molecule has 3 aromatic heterocycles. The van der Waals surface area contributed by atoms with E-state index in [1.165, 1.54) is 0 Å². The van der Waals surface area contributed by atoms with Crippen molar-refractivity contribution in [3.05, 3.63) is 118 Å². The number of hydrogen-bond acceptors (Lipinski definition) is 7. The van der Waals surface area contributed by atoms with Crippen molar-refractivity contribution in [2.45, 2.75) is 17.5 Å². The summed E-state index contributed by atoms with van der Waals surface area (Å²) in [5.41, 5.74) is 4.25. The van der Waals surface area contributed by atoms with Crippen molar-refractivity contribution in [2.24, 2.45) is 0 Å². The van der Waals surface area contributed by atoms with Gasteiger partial charge in [0.05, 0.1) is 17.6 Å². The number of piperazine rings is 1. The number of aromatic nitrogens is 2. The lowest BCUT2D eigenvalue weighted by molar-refractivity contribution is 0.0630. The Morgan fingerprint density at radius 3 is 2.60 bits per heavy atom. The molecule has 2 aliphatic rings. The van der Waals surface area contributed by atoms with Gasteiger partial charge in [0.15, 0.2) is 5.76 Å². The van der Waals surface area contributed by atoms with Crippen molar-refractivity contribution in [3.63, 3.8) is 0 Å². The van der Waals surface area contributed by atoms with Gasteiger partial charge in [0.1, 0.15) is 11.0 Å². The van der Waals surface area contributed by atoms with Crippen LogP contribution in [0.3, 0.4) is 0 Å². The first-order valence-corrected chi connectivity index (χ1v) is 15.7. The Balaban J connectivity index is 0.949. The minimum atomic E-state index is -0.157. The normalized spacial score (nSPS) is 16.8. The molecule has 2 aliphatic heterocycles. The molecule has 43 heavy (non-hydrogen) atoms. The van der Waals surface area contributed by atoms with Crippen LogP contribution in [0.5, 0.6) is 5.75 Å². The molecular weight excluding hydrogens is 560 g/mol. The van der Waals surface area contributed by atoms with Gasteiger partial charge in [-0.1, -0.05) is 48.5 Å². The third kappa shape index (κ3) is 5.46. The van der Waals surface area contributed by atoms with Crippen LogP contribution in [0.4, 0.5) is 0 Å². The quantitative estimate of drug-likeness (QED) is 0.215. The van der Waals surface area contributed by atoms with Crippen LogP contribution in [0.25, 0.3) is 22.3 Å². The number of amides is 1. The number of nitrogens with zero attached hydrogens (tertiary/aromatic N) is 4. The molecule has 1 saturated heterocycles. The second-order valence-corrected chi connectivity index (χ2v) is 11.9. The average molecular weight is 593 g/mol. The van der Waals surface area contributed by atoms with Gasteiger partial charge in [0.2, 0.25) is 11.2 Å². The van der Waals surface area contributed by atoms with Crippen LogP contribution < -0.4 is 10.2 Å². The van der Waals surface area contributed by atoms with Gasteiger partial charge in [0, 0.05) is 73.9 Å². The van der Waals surface area contributed by atoms with Crippen molar-refractivity contribution in [1.82, 2.24) is 19.4 Å². The molecule has 7 rings (SSSR count). The van der Waals surface area contributed by atoms with E-state index < -0.39 is 0 Å². The lowest BCUT2D eigenvalue weighted by Gasteiger charge is -2.34. The van der Waals surface area contributed by atoms with Gasteiger partial charge in [0.25, 0.3) is 5.91 Å². The number of carbonyl (C=O) groups is 1. The Kier molecular flexibility index (Phi) is 7.74. The zero-order valence-electron chi connectivity index (χ0n) is 23.7. The van der Waals surface area contributed by atoms with E-state index in [4.69, 9.17) is 9.15 Å². The van der Waals surface area contributed by atoms with Crippen molar-refractivity contribution >= 4 is 28.6 Å². The maximum atomic E-state index is 13.5. The highest BCUT2D eigenvalue weighted by molar-refractivity contribution is 7.99. The summed E-state index contributed by atoms with van der Waals surface area (Å²) in [5, 5.41) is 0.673. The third-order valence-corrected chi connectivity index (χ3v) is 9.43. The molecule has 0 bridgehead atoms. The van der Waals surface area contributed by atoms with Crippen molar-refractivity contribution in [3.8, 4) is 17.1 Å². The summed E-state index contributed by atoms with van der Waals surface area (Å²) in [6.45, 7) is 4.22. The predicted octanol–water partition coefficient (Wildman–Crippen LogP) is 5.68. The molecule has 1 amide bonds. The minimum absolute atomic E-state index is 0.112. The zero-order chi connectivity index (χ0) is 29.2. The first-order valence-electron chi connectivity index (χ1n) is 14.6. The van der Waals surface area contributed by atoms with Crippen LogP contribution in [0.1, 0.15) is 33.4 Å². The van der Waals surface area contributed by atoms with Gasteiger partial charge in [-0.05, 0) is 30.7 Å². The van der Waals surface area contributed by atoms with Crippen LogP contribution in [0.15, 0.2) is 101 Å². The summed E-state index contributed by atoms with van der Waals surface area (Å²) < 4.78 is 14.5. The minimum Gasteiger partial charge on any atom is -0.486 e. The summed E-state index contributed by atoms with van der Waals surface area (Å²) in [6, 6.07) is 22.9. The molecule has 1 atom stereocenters. The molecule has 1 unspecified atom stereocenters. The lowest BCUT2D eigenvalue weighted by atomic mass is 10.1. The predicted molar refractivity (Wildman–Crippen MR) is 168 cm³/mol. The third-order valence-electron chi connectivity index (χ3n) is 8.17. The maximum Gasteiger partial charge on any atom is 0.255 e. The fourth-order valence-electron chi connectivity index (χ4n) is 5.91. The molecule has 5 aromatic rings. The highest BCUT2D eigenvalue weighted by atomic mass is 32.2. The van der Waals surface area contributed by atoms with E-state index in [2.05, 4.69) is 20.5 Å². The molecular formula is C34H32N4O4S. The molecule has 8 nitrogen and oxygen atoms in total. The SMILES string of the molecule is O=C(c1ccn2c1CSC2c1cccnc1)N1CCN(CCCOc2c(-c3ccccc3)oc3ccccc3c2=O)CC1. The Bertz CT molecular complexity index is 1800. The molecule has 1 fully saturated rings. The Morgan fingerprint density at radius 1 is 0.977 bits per heavy atom. The first-order chi connectivity index (χ1) is 21.2. The highest BCUT2D eigenvalue weighted by Gasteiger charge is 2.31. The van der Waals surface area contributed by atoms with Gasteiger partial charge in [-0.3, -0.25) is 19.5 Å². The second kappa shape index (κ2) is 12.1. The Hall–Kier alpha value is -4.34. The van der Waals surface area contributed by atoms with E-state index in [9.17, 15) is 9.59 Å². The van der Waals surface area contributed by atoms with Gasteiger partial charge in [-0.15, -0.1) is 11.8 Å². The highest BCUT2D eigenvalue weighted by Crippen LogP contribution is 2.42. The molecule has 5 heterocycles. The van der Waals surface area contributed by atoms with Crippen LogP contribution in [-0.2, 0) is 5.75 Å². The molecule has 0 spiro atoms. The van der Waals surface area contributed by atoms with E-state index in [1.807, 2.05) is 83.7 Å². The summed E-state index contributed by atoms with van der Waals surface area (Å²) in [7, 11) is 0. The fourth-order valence-corrected chi connectivity index (χ4v) is 7.22. The number of rotatable bonds is 8. The van der Waals surface area contributed by atoms with Crippen molar-refractivity contribution in [2.75, 3.05) is 39.3 Å². The van der Waals surface area contributed by atoms with E-state index in [-0.39, 0.29) is 22.5 Å². The lowest BCUT2D eigenvalue weighted by Crippen LogP contribution is -2.49. The van der Waals surface area contributed by atoms with Gasteiger partial charge < -0.3 is 18.6 Å². The number of hydrogen-bond donors (Lipinski definition) is 0. The van der Waals surface area contributed by atoms with E-state index >= 15 is 0 Å². The molecule has 0 saturated carbocycles. The van der Waals surface area contributed by atoms with Crippen LogP contribution >= 0.6 is 11.8 Å². The molecule has 218 valence electrons. The number of benzene rings is 2.